The molecule has 1 aromatic carbocycles. The highest BCUT2D eigenvalue weighted by atomic mass is 16.3. The van der Waals surface area contributed by atoms with Gasteiger partial charge >= 0.3 is 0 Å². The summed E-state index contributed by atoms with van der Waals surface area (Å²) in [5.74, 6) is 0.249. The minimum Gasteiger partial charge on any atom is -0.451 e. The van der Waals surface area contributed by atoms with Crippen LogP contribution in [-0.2, 0) is 0 Å². The number of benzene rings is 1. The Kier molecular flexibility index (Phi) is 3.26. The van der Waals surface area contributed by atoms with Crippen LogP contribution in [0.1, 0.15) is 34.5 Å². The van der Waals surface area contributed by atoms with Crippen molar-refractivity contribution in [2.24, 2.45) is 0 Å². The van der Waals surface area contributed by atoms with E-state index in [1.165, 1.54) is 5.56 Å². The van der Waals surface area contributed by atoms with Gasteiger partial charge in [-0.05, 0) is 56.0 Å². The summed E-state index contributed by atoms with van der Waals surface area (Å²) in [6, 6.07) is 5.74. The fourth-order valence-electron chi connectivity index (χ4n) is 2.84. The number of likely N-dealkylation sites (tertiary alicyclic amines) is 1. The fourth-order valence-corrected chi connectivity index (χ4v) is 2.84. The number of hydrogen-bond donors (Lipinski definition) is 1. The number of aliphatic hydroxyl groups is 1. The van der Waals surface area contributed by atoms with E-state index in [1.54, 1.807) is 11.0 Å². The Balaban J connectivity index is 1.96. The van der Waals surface area contributed by atoms with E-state index in [9.17, 15) is 9.90 Å². The fraction of sp³-hybridized carbons (Fsp3) is 0.438. The monoisotopic (exact) mass is 273 g/mol. The molecule has 106 valence electrons. The maximum Gasteiger partial charge on any atom is 0.289 e. The molecule has 1 aromatic heterocycles. The van der Waals surface area contributed by atoms with Crippen molar-refractivity contribution in [2.45, 2.75) is 32.7 Å². The van der Waals surface area contributed by atoms with Crippen molar-refractivity contribution in [3.05, 3.63) is 35.1 Å². The number of rotatable bonds is 2. The summed E-state index contributed by atoms with van der Waals surface area (Å²) in [4.78, 5) is 14.2. The zero-order valence-electron chi connectivity index (χ0n) is 11.8. The zero-order valence-corrected chi connectivity index (χ0v) is 11.8. The minimum atomic E-state index is -0.118. The molecule has 4 heteroatoms. The Hall–Kier alpha value is -1.81. The van der Waals surface area contributed by atoms with Gasteiger partial charge in [0.1, 0.15) is 5.58 Å². The van der Waals surface area contributed by atoms with Gasteiger partial charge in [0.05, 0.1) is 12.6 Å². The van der Waals surface area contributed by atoms with E-state index >= 15 is 0 Å². The minimum absolute atomic E-state index is 0.0180. The molecule has 1 saturated heterocycles. The van der Waals surface area contributed by atoms with E-state index in [-0.39, 0.29) is 18.6 Å². The highest BCUT2D eigenvalue weighted by molar-refractivity contribution is 5.96. The molecule has 2 aromatic rings. The molecule has 4 nitrogen and oxygen atoms in total. The molecular formula is C16H19NO3. The van der Waals surface area contributed by atoms with Crippen molar-refractivity contribution in [3.63, 3.8) is 0 Å². The molecule has 1 aliphatic heterocycles. The summed E-state index contributed by atoms with van der Waals surface area (Å²) in [5.41, 5.74) is 3.09. The van der Waals surface area contributed by atoms with Gasteiger partial charge in [-0.15, -0.1) is 0 Å². The Bertz CT molecular complexity index is 620. The summed E-state index contributed by atoms with van der Waals surface area (Å²) >= 11 is 0. The second-order valence-electron chi connectivity index (χ2n) is 5.56. The van der Waals surface area contributed by atoms with Crippen LogP contribution in [0.2, 0.25) is 0 Å². The van der Waals surface area contributed by atoms with Crippen molar-refractivity contribution in [2.75, 3.05) is 13.2 Å². The average molecular weight is 273 g/mol. The lowest BCUT2D eigenvalue weighted by Gasteiger charge is -2.21. The van der Waals surface area contributed by atoms with Gasteiger partial charge in [-0.3, -0.25) is 4.79 Å². The van der Waals surface area contributed by atoms with Crippen molar-refractivity contribution < 1.29 is 14.3 Å². The first-order chi connectivity index (χ1) is 9.60. The first kappa shape index (κ1) is 13.2. The smallest absolute Gasteiger partial charge is 0.289 e. The van der Waals surface area contributed by atoms with Gasteiger partial charge in [-0.25, -0.2) is 0 Å². The Morgan fingerprint density at radius 3 is 2.85 bits per heavy atom. The largest absolute Gasteiger partial charge is 0.451 e. The number of aliphatic hydroxyl groups excluding tert-OH is 1. The van der Waals surface area contributed by atoms with Gasteiger partial charge in [-0.1, -0.05) is 0 Å². The number of nitrogens with zero attached hydrogens (tertiary/aromatic N) is 1. The van der Waals surface area contributed by atoms with Crippen LogP contribution >= 0.6 is 0 Å². The van der Waals surface area contributed by atoms with Crippen LogP contribution in [0.5, 0.6) is 0 Å². The third-order valence-corrected chi connectivity index (χ3v) is 4.19. The van der Waals surface area contributed by atoms with Gasteiger partial charge in [0, 0.05) is 11.9 Å². The Morgan fingerprint density at radius 2 is 2.10 bits per heavy atom. The molecule has 1 amide bonds. The van der Waals surface area contributed by atoms with E-state index in [2.05, 4.69) is 0 Å². The first-order valence-electron chi connectivity index (χ1n) is 7.03. The summed E-state index contributed by atoms with van der Waals surface area (Å²) in [7, 11) is 0. The molecule has 3 rings (SSSR count). The molecule has 2 heterocycles. The Morgan fingerprint density at radius 1 is 1.35 bits per heavy atom. The summed E-state index contributed by atoms with van der Waals surface area (Å²) in [6.07, 6.45) is 1.80. The number of carbonyl (C=O) groups is 1. The second kappa shape index (κ2) is 4.94. The molecule has 1 fully saturated rings. The van der Waals surface area contributed by atoms with Crippen molar-refractivity contribution in [3.8, 4) is 0 Å². The second-order valence-corrected chi connectivity index (χ2v) is 5.56. The van der Waals surface area contributed by atoms with E-state index in [0.717, 1.165) is 29.4 Å². The average Bonchev–Trinajstić information content (AvgIpc) is 3.04. The van der Waals surface area contributed by atoms with Crippen LogP contribution in [0.3, 0.4) is 0 Å². The van der Waals surface area contributed by atoms with Gasteiger partial charge in [0.2, 0.25) is 0 Å². The van der Waals surface area contributed by atoms with Gasteiger partial charge in [-0.2, -0.15) is 0 Å². The molecule has 1 atom stereocenters. The lowest BCUT2D eigenvalue weighted by atomic mass is 10.1. The molecule has 1 N–H and O–H groups in total. The highest BCUT2D eigenvalue weighted by Gasteiger charge is 2.30. The highest BCUT2D eigenvalue weighted by Crippen LogP contribution is 2.26. The predicted molar refractivity (Wildman–Crippen MR) is 76.8 cm³/mol. The quantitative estimate of drug-likeness (QED) is 0.915. The number of aryl methyl sites for hydroxylation is 2. The molecule has 1 aliphatic rings. The maximum absolute atomic E-state index is 12.5. The Labute approximate surface area is 118 Å². The lowest BCUT2D eigenvalue weighted by molar-refractivity contribution is 0.0648. The molecular weight excluding hydrogens is 254 g/mol. The maximum atomic E-state index is 12.5. The van der Waals surface area contributed by atoms with E-state index in [0.29, 0.717) is 12.3 Å². The number of hydrogen-bond acceptors (Lipinski definition) is 3. The van der Waals surface area contributed by atoms with Crippen LogP contribution in [0.15, 0.2) is 22.6 Å². The standard InChI is InChI=1S/C16H19NO3/c1-10-6-12-8-15(20-14(12)7-11(10)2)16(19)17-5-3-4-13(17)9-18/h6-8,13,18H,3-5,9H2,1-2H3/t13-/m1/s1. The number of carbonyl (C=O) groups excluding carboxylic acids is 1. The predicted octanol–water partition coefficient (Wildman–Crippen LogP) is 2.65. The number of fused-ring (bicyclic) bond motifs is 1. The lowest BCUT2D eigenvalue weighted by Crippen LogP contribution is -2.37. The van der Waals surface area contributed by atoms with Gasteiger partial charge in [0.15, 0.2) is 5.76 Å². The van der Waals surface area contributed by atoms with Crippen LogP contribution in [0.25, 0.3) is 11.0 Å². The molecule has 0 saturated carbocycles. The van der Waals surface area contributed by atoms with Crippen LogP contribution in [-0.4, -0.2) is 35.1 Å². The van der Waals surface area contributed by atoms with Crippen molar-refractivity contribution >= 4 is 16.9 Å². The van der Waals surface area contributed by atoms with E-state index < -0.39 is 0 Å². The van der Waals surface area contributed by atoms with Gasteiger partial charge < -0.3 is 14.4 Å². The molecule has 0 unspecified atom stereocenters. The third kappa shape index (κ3) is 2.10. The van der Waals surface area contributed by atoms with E-state index in [4.69, 9.17) is 4.42 Å². The summed E-state index contributed by atoms with van der Waals surface area (Å²) in [5, 5.41) is 10.3. The third-order valence-electron chi connectivity index (χ3n) is 4.19. The summed E-state index contributed by atoms with van der Waals surface area (Å²) in [6.45, 7) is 4.79. The topological polar surface area (TPSA) is 53.7 Å². The molecule has 0 bridgehead atoms. The van der Waals surface area contributed by atoms with Crippen LogP contribution < -0.4 is 0 Å². The van der Waals surface area contributed by atoms with Crippen LogP contribution in [0, 0.1) is 13.8 Å². The van der Waals surface area contributed by atoms with Crippen molar-refractivity contribution in [1.29, 1.82) is 0 Å². The molecule has 0 aliphatic carbocycles. The van der Waals surface area contributed by atoms with Crippen LogP contribution in [0.4, 0.5) is 0 Å². The summed E-state index contributed by atoms with van der Waals surface area (Å²) < 4.78 is 5.70. The first-order valence-corrected chi connectivity index (χ1v) is 7.03. The number of furan rings is 1. The SMILES string of the molecule is Cc1cc2cc(C(=O)N3CCC[C@@H]3CO)oc2cc1C. The van der Waals surface area contributed by atoms with E-state index in [1.807, 2.05) is 26.0 Å². The number of amides is 1. The molecule has 20 heavy (non-hydrogen) atoms. The normalized spacial score (nSPS) is 18.9. The molecule has 0 radical (unpaired) electrons. The molecule has 0 spiro atoms. The van der Waals surface area contributed by atoms with Gasteiger partial charge in [0.25, 0.3) is 5.91 Å². The zero-order chi connectivity index (χ0) is 14.3. The van der Waals surface area contributed by atoms with Crippen molar-refractivity contribution in [1.82, 2.24) is 4.90 Å².